The summed E-state index contributed by atoms with van der Waals surface area (Å²) in [5, 5.41) is 2.68. The van der Waals surface area contributed by atoms with Crippen LogP contribution in [0.15, 0.2) is 27.1 Å². The highest BCUT2D eigenvalue weighted by Gasteiger charge is 2.40. The minimum atomic E-state index is -0.343. The molecule has 1 aromatic rings. The summed E-state index contributed by atoms with van der Waals surface area (Å²) in [4.78, 5) is 23.1. The fourth-order valence-corrected chi connectivity index (χ4v) is 2.82. The van der Waals surface area contributed by atoms with Gasteiger partial charge in [-0.1, -0.05) is 22.9 Å². The normalized spacial score (nSPS) is 20.8. The van der Waals surface area contributed by atoms with Crippen molar-refractivity contribution in [2.75, 3.05) is 11.9 Å². The third kappa shape index (κ3) is 4.04. The molecule has 1 N–H and O–H groups in total. The Morgan fingerprint density at radius 3 is 2.68 bits per heavy atom. The van der Waals surface area contributed by atoms with Crippen LogP contribution in [0, 0.1) is 11.8 Å². The summed E-state index contributed by atoms with van der Waals surface area (Å²) in [5.74, 6) is -0.259. The highest BCUT2D eigenvalue weighted by Crippen LogP contribution is 2.38. The minimum absolute atomic E-state index is 0.0211. The maximum atomic E-state index is 11.7. The number of carbonyl (C=O) groups excluding carboxylic acids is 2. The van der Waals surface area contributed by atoms with E-state index in [1.165, 1.54) is 0 Å². The van der Waals surface area contributed by atoms with Crippen LogP contribution in [-0.4, -0.2) is 18.5 Å². The minimum Gasteiger partial charge on any atom is -0.455 e. The zero-order valence-corrected chi connectivity index (χ0v) is 13.5. The summed E-state index contributed by atoms with van der Waals surface area (Å²) >= 11 is 6.67. The van der Waals surface area contributed by atoms with Crippen LogP contribution in [0.4, 0.5) is 5.69 Å². The van der Waals surface area contributed by atoms with Crippen LogP contribution in [0.1, 0.15) is 13.3 Å². The third-order valence-corrected chi connectivity index (χ3v) is 4.11. The van der Waals surface area contributed by atoms with Gasteiger partial charge in [0.1, 0.15) is 0 Å². The van der Waals surface area contributed by atoms with Crippen LogP contribution < -0.4 is 5.32 Å². The van der Waals surface area contributed by atoms with E-state index >= 15 is 0 Å². The zero-order chi connectivity index (χ0) is 14.0. The molecule has 0 aliphatic heterocycles. The number of ether oxygens (including phenoxy) is 1. The lowest BCUT2D eigenvalue weighted by molar-refractivity contribution is -0.148. The Morgan fingerprint density at radius 2 is 2.11 bits per heavy atom. The average molecular weight is 391 g/mol. The van der Waals surface area contributed by atoms with Gasteiger partial charge in [-0.25, -0.2) is 0 Å². The first kappa shape index (κ1) is 14.5. The van der Waals surface area contributed by atoms with Crippen molar-refractivity contribution in [1.82, 2.24) is 0 Å². The molecule has 1 aromatic carbocycles. The number of halogens is 2. The van der Waals surface area contributed by atoms with Crippen molar-refractivity contribution in [3.8, 4) is 0 Å². The Hall–Kier alpha value is -0.880. The first-order valence-electron chi connectivity index (χ1n) is 5.89. The molecule has 0 radical (unpaired) electrons. The van der Waals surface area contributed by atoms with Crippen LogP contribution in [-0.2, 0) is 14.3 Å². The predicted molar refractivity (Wildman–Crippen MR) is 78.7 cm³/mol. The number of benzene rings is 1. The van der Waals surface area contributed by atoms with E-state index in [2.05, 4.69) is 37.2 Å². The van der Waals surface area contributed by atoms with Crippen molar-refractivity contribution < 1.29 is 14.3 Å². The van der Waals surface area contributed by atoms with Crippen molar-refractivity contribution in [3.63, 3.8) is 0 Å². The quantitative estimate of drug-likeness (QED) is 0.802. The molecule has 0 heterocycles. The van der Waals surface area contributed by atoms with Gasteiger partial charge in [-0.05, 0) is 46.5 Å². The van der Waals surface area contributed by atoms with E-state index in [-0.39, 0.29) is 24.4 Å². The van der Waals surface area contributed by atoms with Gasteiger partial charge in [0.25, 0.3) is 5.91 Å². The van der Waals surface area contributed by atoms with E-state index in [1.807, 2.05) is 19.1 Å². The van der Waals surface area contributed by atoms with Gasteiger partial charge >= 0.3 is 5.97 Å². The highest BCUT2D eigenvalue weighted by molar-refractivity contribution is 9.11. The molecule has 1 aliphatic rings. The van der Waals surface area contributed by atoms with Gasteiger partial charge in [0.05, 0.1) is 11.6 Å². The van der Waals surface area contributed by atoms with E-state index in [4.69, 9.17) is 4.74 Å². The van der Waals surface area contributed by atoms with Gasteiger partial charge in [0, 0.05) is 8.95 Å². The molecule has 2 atom stereocenters. The summed E-state index contributed by atoms with van der Waals surface area (Å²) in [6, 6.07) is 5.41. The second-order valence-corrected chi connectivity index (χ2v) is 6.37. The number of hydrogen-bond acceptors (Lipinski definition) is 3. The smallest absolute Gasteiger partial charge is 0.309 e. The lowest BCUT2D eigenvalue weighted by Gasteiger charge is -2.08. The molecule has 1 saturated carbocycles. The summed E-state index contributed by atoms with van der Waals surface area (Å²) in [5.41, 5.74) is 0.643. The maximum absolute atomic E-state index is 11.7. The maximum Gasteiger partial charge on any atom is 0.309 e. The average Bonchev–Trinajstić information content (AvgIpc) is 3.07. The largest absolute Gasteiger partial charge is 0.455 e. The zero-order valence-electron chi connectivity index (χ0n) is 10.3. The highest BCUT2D eigenvalue weighted by atomic mass is 79.9. The standard InChI is InChI=1S/C13H13Br2NO3/c1-7-4-9(7)13(18)19-6-12(17)16-11-3-2-8(14)5-10(11)15/h2-3,5,7,9H,4,6H2,1H3,(H,16,17)/t7-,9-/m1/s1. The van der Waals surface area contributed by atoms with E-state index in [0.717, 1.165) is 15.4 Å². The van der Waals surface area contributed by atoms with Gasteiger partial charge in [-0.3, -0.25) is 9.59 Å². The third-order valence-electron chi connectivity index (χ3n) is 2.96. The molecule has 1 aliphatic carbocycles. The first-order valence-corrected chi connectivity index (χ1v) is 7.47. The van der Waals surface area contributed by atoms with E-state index in [0.29, 0.717) is 11.6 Å². The summed E-state index contributed by atoms with van der Waals surface area (Å²) in [7, 11) is 0. The number of anilines is 1. The van der Waals surface area contributed by atoms with Crippen LogP contribution in [0.5, 0.6) is 0 Å². The first-order chi connectivity index (χ1) is 8.97. The molecule has 2 rings (SSSR count). The number of hydrogen-bond donors (Lipinski definition) is 1. The van der Waals surface area contributed by atoms with Crippen LogP contribution in [0.25, 0.3) is 0 Å². The topological polar surface area (TPSA) is 55.4 Å². The van der Waals surface area contributed by atoms with Gasteiger partial charge < -0.3 is 10.1 Å². The fraction of sp³-hybridized carbons (Fsp3) is 0.385. The molecule has 0 unspecified atom stereocenters. The van der Waals surface area contributed by atoms with Crippen LogP contribution in [0.3, 0.4) is 0 Å². The molecular formula is C13H13Br2NO3. The van der Waals surface area contributed by atoms with Crippen molar-refractivity contribution in [2.24, 2.45) is 11.8 Å². The summed E-state index contributed by atoms with van der Waals surface area (Å²) in [6.07, 6.45) is 0.860. The molecule has 0 spiro atoms. The fourth-order valence-electron chi connectivity index (χ4n) is 1.67. The van der Waals surface area contributed by atoms with Gasteiger partial charge in [0.15, 0.2) is 6.61 Å². The summed E-state index contributed by atoms with van der Waals surface area (Å²) in [6.45, 7) is 1.75. The Kier molecular flexibility index (Phi) is 4.62. The molecule has 0 aromatic heterocycles. The molecule has 1 amide bonds. The van der Waals surface area contributed by atoms with E-state index < -0.39 is 0 Å². The second kappa shape index (κ2) is 6.05. The number of nitrogens with one attached hydrogen (secondary N) is 1. The molecular weight excluding hydrogens is 378 g/mol. The van der Waals surface area contributed by atoms with Crippen LogP contribution >= 0.6 is 31.9 Å². The van der Waals surface area contributed by atoms with E-state index in [1.54, 1.807) is 6.07 Å². The Bertz CT molecular complexity index is 519. The molecule has 1 fully saturated rings. The van der Waals surface area contributed by atoms with E-state index in [9.17, 15) is 9.59 Å². The Morgan fingerprint density at radius 1 is 1.42 bits per heavy atom. The van der Waals surface area contributed by atoms with Gasteiger partial charge in [-0.2, -0.15) is 0 Å². The molecule has 19 heavy (non-hydrogen) atoms. The number of rotatable bonds is 4. The second-order valence-electron chi connectivity index (χ2n) is 4.60. The SMILES string of the molecule is C[C@@H]1C[C@H]1C(=O)OCC(=O)Nc1ccc(Br)cc1Br. The van der Waals surface area contributed by atoms with Crippen molar-refractivity contribution in [1.29, 1.82) is 0 Å². The lowest BCUT2D eigenvalue weighted by Crippen LogP contribution is -2.21. The summed E-state index contributed by atoms with van der Waals surface area (Å²) < 4.78 is 6.63. The van der Waals surface area contributed by atoms with Crippen molar-refractivity contribution >= 4 is 49.4 Å². The van der Waals surface area contributed by atoms with Crippen LogP contribution in [0.2, 0.25) is 0 Å². The lowest BCUT2D eigenvalue weighted by atomic mass is 10.3. The molecule has 0 saturated heterocycles. The van der Waals surface area contributed by atoms with Crippen molar-refractivity contribution in [2.45, 2.75) is 13.3 Å². The number of carbonyl (C=O) groups is 2. The molecule has 0 bridgehead atoms. The monoisotopic (exact) mass is 389 g/mol. The Balaban J connectivity index is 1.82. The van der Waals surface area contributed by atoms with Gasteiger partial charge in [-0.15, -0.1) is 0 Å². The number of esters is 1. The number of amides is 1. The molecule has 102 valence electrons. The molecule has 4 nitrogen and oxygen atoms in total. The van der Waals surface area contributed by atoms with Crippen molar-refractivity contribution in [3.05, 3.63) is 27.1 Å². The predicted octanol–water partition coefficient (Wildman–Crippen LogP) is 3.35. The van der Waals surface area contributed by atoms with Gasteiger partial charge in [0.2, 0.25) is 0 Å². The Labute approximate surface area is 128 Å². The molecule has 6 heteroatoms.